The molecule has 0 radical (unpaired) electrons. The van der Waals surface area contributed by atoms with Crippen molar-refractivity contribution in [2.45, 2.75) is 44.4 Å². The molecule has 0 amide bonds. The van der Waals surface area contributed by atoms with Crippen LogP contribution in [0.1, 0.15) is 50.0 Å². The summed E-state index contributed by atoms with van der Waals surface area (Å²) in [5, 5.41) is 0. The molecule has 0 saturated heterocycles. The molecule has 4 bridgehead atoms. The van der Waals surface area contributed by atoms with Gasteiger partial charge in [-0.3, -0.25) is 0 Å². The van der Waals surface area contributed by atoms with Crippen LogP contribution in [0, 0.1) is 29.0 Å². The van der Waals surface area contributed by atoms with Gasteiger partial charge in [-0.05, 0) is 67.8 Å². The second kappa shape index (κ2) is 8.05. The minimum Gasteiger partial charge on any atom is -0.466 e. The van der Waals surface area contributed by atoms with Crippen molar-refractivity contribution in [1.29, 1.82) is 0 Å². The van der Waals surface area contributed by atoms with Crippen LogP contribution in [-0.2, 0) is 19.1 Å². The average molecular weight is 440 g/mol. The second-order valence-electron chi connectivity index (χ2n) is 10.2. The molecule has 5 aliphatic rings. The first-order chi connectivity index (χ1) is 15.4. The molecular formula is C26H30FNO4. The van der Waals surface area contributed by atoms with Gasteiger partial charge in [-0.1, -0.05) is 18.2 Å². The van der Waals surface area contributed by atoms with Gasteiger partial charge in [0.25, 0.3) is 0 Å². The molecule has 1 heterocycles. The number of esters is 2. The number of rotatable bonds is 5. The Bertz CT molecular complexity index is 928. The topological polar surface area (TPSA) is 55.8 Å². The Morgan fingerprint density at radius 1 is 0.938 bits per heavy atom. The molecule has 4 fully saturated rings. The van der Waals surface area contributed by atoms with E-state index in [0.717, 1.165) is 24.3 Å². The Balaban J connectivity index is 1.53. The molecule has 0 atom stereocenters. The van der Waals surface area contributed by atoms with E-state index in [-0.39, 0.29) is 22.1 Å². The van der Waals surface area contributed by atoms with Crippen molar-refractivity contribution < 1.29 is 23.5 Å². The lowest BCUT2D eigenvalue weighted by Gasteiger charge is -2.57. The number of hydrogen-bond acceptors (Lipinski definition) is 5. The third-order valence-corrected chi connectivity index (χ3v) is 7.97. The molecule has 4 aliphatic carbocycles. The zero-order chi connectivity index (χ0) is 22.5. The molecule has 0 unspecified atom stereocenters. The normalized spacial score (nSPS) is 31.2. The van der Waals surface area contributed by atoms with Gasteiger partial charge in [0.1, 0.15) is 5.82 Å². The standard InChI is InChI=1S/C26H30FNO4/c1-31-24(29)20-13-28(15-26-10-16-7-17(11-26)9-18(8-16)12-26)14-21(25(30)32-2)23(20)19-5-3-4-6-22(19)27/h3-6,13-14,16-18,23H,7-12,15H2,1-2H3. The zero-order valence-corrected chi connectivity index (χ0v) is 18.7. The van der Waals surface area contributed by atoms with Gasteiger partial charge in [0.05, 0.1) is 31.3 Å². The number of hydrogen-bond donors (Lipinski definition) is 0. The summed E-state index contributed by atoms with van der Waals surface area (Å²) in [7, 11) is 2.61. The van der Waals surface area contributed by atoms with Crippen molar-refractivity contribution in [3.63, 3.8) is 0 Å². The second-order valence-corrected chi connectivity index (χ2v) is 10.2. The minimum absolute atomic E-state index is 0.203. The van der Waals surface area contributed by atoms with Crippen molar-refractivity contribution in [3.8, 4) is 0 Å². The van der Waals surface area contributed by atoms with Crippen molar-refractivity contribution >= 4 is 11.9 Å². The van der Waals surface area contributed by atoms with E-state index in [4.69, 9.17) is 9.47 Å². The predicted octanol–water partition coefficient (Wildman–Crippen LogP) is 4.56. The molecule has 1 aromatic rings. The molecule has 0 spiro atoms. The van der Waals surface area contributed by atoms with Crippen LogP contribution >= 0.6 is 0 Å². The maximum atomic E-state index is 14.8. The fourth-order valence-corrected chi connectivity index (χ4v) is 7.29. The SMILES string of the molecule is COC(=O)C1=CN(CC23CC4CC(CC(C4)C2)C3)C=C(C(=O)OC)C1c1ccccc1F. The molecule has 170 valence electrons. The number of benzene rings is 1. The summed E-state index contributed by atoms with van der Waals surface area (Å²) in [6.45, 7) is 0.751. The van der Waals surface area contributed by atoms with E-state index in [0.29, 0.717) is 0 Å². The Hall–Kier alpha value is -2.63. The summed E-state index contributed by atoms with van der Waals surface area (Å²) in [6.07, 6.45) is 11.2. The van der Waals surface area contributed by atoms with Crippen molar-refractivity contribution in [2.75, 3.05) is 20.8 Å². The van der Waals surface area contributed by atoms with E-state index in [1.807, 2.05) is 4.90 Å². The molecule has 32 heavy (non-hydrogen) atoms. The molecular weight excluding hydrogens is 409 g/mol. The van der Waals surface area contributed by atoms with Crippen LogP contribution in [0.3, 0.4) is 0 Å². The molecule has 6 rings (SSSR count). The van der Waals surface area contributed by atoms with Crippen LogP contribution in [0.4, 0.5) is 4.39 Å². The van der Waals surface area contributed by atoms with Gasteiger partial charge in [-0.25, -0.2) is 14.0 Å². The monoisotopic (exact) mass is 439 g/mol. The first-order valence-corrected chi connectivity index (χ1v) is 11.5. The van der Waals surface area contributed by atoms with Crippen LogP contribution in [0.25, 0.3) is 0 Å². The quantitative estimate of drug-likeness (QED) is 0.630. The Morgan fingerprint density at radius 2 is 1.44 bits per heavy atom. The molecule has 6 heteroatoms. The van der Waals surface area contributed by atoms with Crippen LogP contribution in [0.15, 0.2) is 47.8 Å². The van der Waals surface area contributed by atoms with E-state index in [2.05, 4.69) is 0 Å². The fourth-order valence-electron chi connectivity index (χ4n) is 7.29. The summed E-state index contributed by atoms with van der Waals surface area (Å²) < 4.78 is 24.9. The highest BCUT2D eigenvalue weighted by Crippen LogP contribution is 2.60. The van der Waals surface area contributed by atoms with Gasteiger partial charge in [0.2, 0.25) is 0 Å². The summed E-state index contributed by atoms with van der Waals surface area (Å²) in [5.74, 6) is -0.0900. The van der Waals surface area contributed by atoms with Gasteiger partial charge >= 0.3 is 11.9 Å². The Kier molecular flexibility index (Phi) is 5.34. The Morgan fingerprint density at radius 3 is 1.91 bits per heavy atom. The largest absolute Gasteiger partial charge is 0.466 e. The van der Waals surface area contributed by atoms with Crippen LogP contribution < -0.4 is 0 Å². The fraction of sp³-hybridized carbons (Fsp3) is 0.538. The molecule has 5 nitrogen and oxygen atoms in total. The molecule has 0 aromatic heterocycles. The predicted molar refractivity (Wildman–Crippen MR) is 117 cm³/mol. The molecule has 4 saturated carbocycles. The highest BCUT2D eigenvalue weighted by molar-refractivity contribution is 5.98. The van der Waals surface area contributed by atoms with Crippen LogP contribution in [0.2, 0.25) is 0 Å². The maximum absolute atomic E-state index is 14.8. The lowest BCUT2D eigenvalue weighted by Crippen LogP contribution is -2.50. The maximum Gasteiger partial charge on any atom is 0.336 e. The minimum atomic E-state index is -0.872. The van der Waals surface area contributed by atoms with Gasteiger partial charge in [-0.15, -0.1) is 0 Å². The summed E-state index contributed by atoms with van der Waals surface area (Å²) >= 11 is 0. The zero-order valence-electron chi connectivity index (χ0n) is 18.7. The number of carbonyl (C=O) groups excluding carboxylic acids is 2. The molecule has 0 N–H and O–H groups in total. The van der Waals surface area contributed by atoms with Crippen molar-refractivity contribution in [3.05, 3.63) is 59.2 Å². The first kappa shape index (κ1) is 21.2. The van der Waals surface area contributed by atoms with E-state index in [1.165, 1.54) is 58.8 Å². The highest BCUT2D eigenvalue weighted by Gasteiger charge is 2.51. The van der Waals surface area contributed by atoms with Crippen molar-refractivity contribution in [2.24, 2.45) is 23.2 Å². The molecule has 1 aromatic carbocycles. The summed E-state index contributed by atoms with van der Waals surface area (Å²) in [5.41, 5.74) is 0.973. The first-order valence-electron chi connectivity index (χ1n) is 11.5. The third kappa shape index (κ3) is 3.63. The van der Waals surface area contributed by atoms with Gasteiger partial charge < -0.3 is 14.4 Å². The highest BCUT2D eigenvalue weighted by atomic mass is 19.1. The number of ether oxygens (including phenoxy) is 2. The van der Waals surface area contributed by atoms with E-state index >= 15 is 0 Å². The lowest BCUT2D eigenvalue weighted by molar-refractivity contribution is -0.137. The van der Waals surface area contributed by atoms with Crippen LogP contribution in [-0.4, -0.2) is 37.6 Å². The number of nitrogens with zero attached hydrogens (tertiary/aromatic N) is 1. The van der Waals surface area contributed by atoms with E-state index < -0.39 is 23.7 Å². The Labute approximate surface area is 188 Å². The number of carbonyl (C=O) groups is 2. The van der Waals surface area contributed by atoms with Crippen molar-refractivity contribution in [1.82, 2.24) is 4.90 Å². The summed E-state index contributed by atoms with van der Waals surface area (Å²) in [4.78, 5) is 27.6. The average Bonchev–Trinajstić information content (AvgIpc) is 2.77. The smallest absolute Gasteiger partial charge is 0.336 e. The van der Waals surface area contributed by atoms with Gasteiger partial charge in [0.15, 0.2) is 0 Å². The number of halogens is 1. The van der Waals surface area contributed by atoms with Crippen LogP contribution in [0.5, 0.6) is 0 Å². The lowest BCUT2D eigenvalue weighted by atomic mass is 9.49. The van der Waals surface area contributed by atoms with Gasteiger partial charge in [0, 0.05) is 24.5 Å². The summed E-state index contributed by atoms with van der Waals surface area (Å²) in [6, 6.07) is 6.22. The third-order valence-electron chi connectivity index (χ3n) is 7.97. The van der Waals surface area contributed by atoms with E-state index in [1.54, 1.807) is 30.6 Å². The van der Waals surface area contributed by atoms with Gasteiger partial charge in [-0.2, -0.15) is 0 Å². The number of methoxy groups -OCH3 is 2. The van der Waals surface area contributed by atoms with E-state index in [9.17, 15) is 14.0 Å². The molecule has 1 aliphatic heterocycles.